The Morgan fingerprint density at radius 1 is 1.44 bits per heavy atom. The summed E-state index contributed by atoms with van der Waals surface area (Å²) >= 11 is 0. The first kappa shape index (κ1) is 12.9. The van der Waals surface area contributed by atoms with Crippen molar-refractivity contribution in [1.29, 1.82) is 0 Å². The molecule has 0 aliphatic heterocycles. The topological polar surface area (TPSA) is 30.0 Å². The van der Waals surface area contributed by atoms with Gasteiger partial charge in [0.15, 0.2) is 0 Å². The fraction of sp³-hybridized carbons (Fsp3) is 0.571. The highest BCUT2D eigenvalue weighted by Gasteiger charge is 2.23. The van der Waals surface area contributed by atoms with Crippen LogP contribution in [0.5, 0.6) is 0 Å². The largest absolute Gasteiger partial charge is 0.299 e. The number of carbonyl (C=O) groups is 1. The minimum atomic E-state index is -0.234. The predicted molar refractivity (Wildman–Crippen MR) is 66.4 cm³/mol. The van der Waals surface area contributed by atoms with E-state index in [-0.39, 0.29) is 11.2 Å². The van der Waals surface area contributed by atoms with Crippen molar-refractivity contribution in [2.45, 2.75) is 47.0 Å². The minimum Gasteiger partial charge on any atom is -0.299 e. The normalized spacial score (nSPS) is 11.5. The van der Waals surface area contributed by atoms with Crippen LogP contribution < -0.4 is 0 Å². The van der Waals surface area contributed by atoms with E-state index in [1.807, 2.05) is 26.1 Å². The molecule has 2 nitrogen and oxygen atoms in total. The Labute approximate surface area is 98.1 Å². The second kappa shape index (κ2) is 5.24. The lowest BCUT2D eigenvalue weighted by Crippen LogP contribution is -2.22. The maximum absolute atomic E-state index is 11.4. The number of ketones is 1. The van der Waals surface area contributed by atoms with Crippen LogP contribution in [-0.2, 0) is 17.6 Å². The molecule has 0 unspecified atom stereocenters. The lowest BCUT2D eigenvalue weighted by molar-refractivity contribution is -0.125. The zero-order chi connectivity index (χ0) is 12.2. The summed E-state index contributed by atoms with van der Waals surface area (Å²) in [6.07, 6.45) is 4.59. The van der Waals surface area contributed by atoms with Crippen molar-refractivity contribution in [3.05, 3.63) is 29.6 Å². The van der Waals surface area contributed by atoms with E-state index in [4.69, 9.17) is 0 Å². The van der Waals surface area contributed by atoms with Crippen LogP contribution in [0.15, 0.2) is 18.3 Å². The van der Waals surface area contributed by atoms with Gasteiger partial charge in [0, 0.05) is 17.3 Å². The monoisotopic (exact) mass is 219 g/mol. The summed E-state index contributed by atoms with van der Waals surface area (Å²) in [5, 5.41) is 0. The SMILES string of the molecule is CCc1cccnc1CCC(C)(C)C(C)=O. The molecule has 0 N–H and O–H groups in total. The lowest BCUT2D eigenvalue weighted by Gasteiger charge is -2.21. The second-order valence-electron chi connectivity index (χ2n) is 4.90. The first-order chi connectivity index (χ1) is 7.47. The molecular formula is C14H21NO. The highest BCUT2D eigenvalue weighted by Crippen LogP contribution is 2.24. The van der Waals surface area contributed by atoms with Gasteiger partial charge in [-0.1, -0.05) is 26.8 Å². The highest BCUT2D eigenvalue weighted by molar-refractivity contribution is 5.81. The van der Waals surface area contributed by atoms with Gasteiger partial charge in [0.2, 0.25) is 0 Å². The van der Waals surface area contributed by atoms with E-state index in [1.54, 1.807) is 6.92 Å². The molecule has 1 aromatic rings. The van der Waals surface area contributed by atoms with Gasteiger partial charge < -0.3 is 0 Å². The molecule has 1 rings (SSSR count). The number of Topliss-reactive ketones (excluding diaryl/α,β-unsaturated/α-hetero) is 1. The van der Waals surface area contributed by atoms with Gasteiger partial charge >= 0.3 is 0 Å². The van der Waals surface area contributed by atoms with Gasteiger partial charge in [-0.05, 0) is 37.8 Å². The molecule has 88 valence electrons. The fourth-order valence-electron chi connectivity index (χ4n) is 1.63. The zero-order valence-corrected chi connectivity index (χ0v) is 10.7. The van der Waals surface area contributed by atoms with Crippen LogP contribution in [0, 0.1) is 5.41 Å². The third-order valence-electron chi connectivity index (χ3n) is 3.31. The molecule has 0 fully saturated rings. The third kappa shape index (κ3) is 3.16. The predicted octanol–water partition coefficient (Wildman–Crippen LogP) is 3.19. The van der Waals surface area contributed by atoms with Gasteiger partial charge in [-0.25, -0.2) is 0 Å². The molecule has 2 heteroatoms. The summed E-state index contributed by atoms with van der Waals surface area (Å²) in [5.41, 5.74) is 2.20. The van der Waals surface area contributed by atoms with Crippen molar-refractivity contribution in [2.24, 2.45) is 5.41 Å². The van der Waals surface area contributed by atoms with Gasteiger partial charge in [0.1, 0.15) is 5.78 Å². The Bertz CT molecular complexity index is 369. The Morgan fingerprint density at radius 3 is 2.69 bits per heavy atom. The summed E-state index contributed by atoms with van der Waals surface area (Å²) in [5.74, 6) is 0.251. The number of nitrogens with zero attached hydrogens (tertiary/aromatic N) is 1. The average molecular weight is 219 g/mol. The van der Waals surface area contributed by atoms with E-state index < -0.39 is 0 Å². The molecule has 1 heterocycles. The molecule has 0 radical (unpaired) electrons. The van der Waals surface area contributed by atoms with Crippen molar-refractivity contribution >= 4 is 5.78 Å². The molecule has 0 spiro atoms. The summed E-state index contributed by atoms with van der Waals surface area (Å²) in [4.78, 5) is 15.8. The second-order valence-corrected chi connectivity index (χ2v) is 4.90. The maximum atomic E-state index is 11.4. The van der Waals surface area contributed by atoms with Crippen molar-refractivity contribution in [1.82, 2.24) is 4.98 Å². The van der Waals surface area contributed by atoms with Gasteiger partial charge in [-0.3, -0.25) is 9.78 Å². The number of aryl methyl sites for hydroxylation is 2. The van der Waals surface area contributed by atoms with Gasteiger partial charge in [-0.15, -0.1) is 0 Å². The zero-order valence-electron chi connectivity index (χ0n) is 10.7. The van der Waals surface area contributed by atoms with E-state index in [9.17, 15) is 4.79 Å². The first-order valence-electron chi connectivity index (χ1n) is 5.91. The Morgan fingerprint density at radius 2 is 2.12 bits per heavy atom. The average Bonchev–Trinajstić information content (AvgIpc) is 2.26. The van der Waals surface area contributed by atoms with Crippen molar-refractivity contribution < 1.29 is 4.79 Å². The molecular weight excluding hydrogens is 198 g/mol. The van der Waals surface area contributed by atoms with E-state index in [0.29, 0.717) is 0 Å². The van der Waals surface area contributed by atoms with Crippen molar-refractivity contribution in [2.75, 3.05) is 0 Å². The number of hydrogen-bond acceptors (Lipinski definition) is 2. The number of pyridine rings is 1. The summed E-state index contributed by atoms with van der Waals surface area (Å²) in [6.45, 7) is 7.81. The van der Waals surface area contributed by atoms with Gasteiger partial charge in [0.05, 0.1) is 0 Å². The number of carbonyl (C=O) groups excluding carboxylic acids is 1. The first-order valence-corrected chi connectivity index (χ1v) is 5.91. The number of rotatable bonds is 5. The smallest absolute Gasteiger partial charge is 0.135 e. The molecule has 0 bridgehead atoms. The van der Waals surface area contributed by atoms with Crippen LogP contribution in [0.3, 0.4) is 0 Å². The highest BCUT2D eigenvalue weighted by atomic mass is 16.1. The summed E-state index contributed by atoms with van der Waals surface area (Å²) in [7, 11) is 0. The molecule has 16 heavy (non-hydrogen) atoms. The lowest BCUT2D eigenvalue weighted by atomic mass is 9.83. The molecule has 0 saturated heterocycles. The quantitative estimate of drug-likeness (QED) is 0.761. The van der Waals surface area contributed by atoms with E-state index in [2.05, 4.69) is 18.0 Å². The molecule has 1 aromatic heterocycles. The van der Waals surface area contributed by atoms with Crippen molar-refractivity contribution in [3.63, 3.8) is 0 Å². The van der Waals surface area contributed by atoms with Crippen LogP contribution in [-0.4, -0.2) is 10.8 Å². The van der Waals surface area contributed by atoms with Crippen LogP contribution in [0.1, 0.15) is 45.4 Å². The van der Waals surface area contributed by atoms with E-state index in [1.165, 1.54) is 5.56 Å². The van der Waals surface area contributed by atoms with E-state index in [0.717, 1.165) is 25.0 Å². The van der Waals surface area contributed by atoms with Crippen LogP contribution >= 0.6 is 0 Å². The van der Waals surface area contributed by atoms with Crippen LogP contribution in [0.4, 0.5) is 0 Å². The molecule has 0 aliphatic carbocycles. The number of aromatic nitrogens is 1. The minimum absolute atomic E-state index is 0.234. The van der Waals surface area contributed by atoms with Gasteiger partial charge in [0.25, 0.3) is 0 Å². The molecule has 0 aromatic carbocycles. The maximum Gasteiger partial charge on any atom is 0.135 e. The Kier molecular flexibility index (Phi) is 4.22. The van der Waals surface area contributed by atoms with Crippen LogP contribution in [0.2, 0.25) is 0 Å². The molecule has 0 aliphatic rings. The van der Waals surface area contributed by atoms with Crippen LogP contribution in [0.25, 0.3) is 0 Å². The Balaban J connectivity index is 2.71. The Hall–Kier alpha value is -1.18. The summed E-state index contributed by atoms with van der Waals surface area (Å²) in [6, 6.07) is 4.08. The van der Waals surface area contributed by atoms with Crippen molar-refractivity contribution in [3.8, 4) is 0 Å². The van der Waals surface area contributed by atoms with Gasteiger partial charge in [-0.2, -0.15) is 0 Å². The molecule has 0 saturated carbocycles. The molecule has 0 atom stereocenters. The number of hydrogen-bond donors (Lipinski definition) is 0. The summed E-state index contributed by atoms with van der Waals surface area (Å²) < 4.78 is 0. The fourth-order valence-corrected chi connectivity index (χ4v) is 1.63. The third-order valence-corrected chi connectivity index (χ3v) is 3.31. The van der Waals surface area contributed by atoms with E-state index >= 15 is 0 Å². The molecule has 0 amide bonds. The standard InChI is InChI=1S/C14H21NO/c1-5-12-7-6-10-15-13(12)8-9-14(3,4)11(2)16/h6-7,10H,5,8-9H2,1-4H3.